The van der Waals surface area contributed by atoms with Gasteiger partial charge in [-0.05, 0) is 38.8 Å². The van der Waals surface area contributed by atoms with Crippen LogP contribution in [0.2, 0.25) is 0 Å². The lowest BCUT2D eigenvalue weighted by Gasteiger charge is -2.32. The van der Waals surface area contributed by atoms with Gasteiger partial charge in [-0.2, -0.15) is 0 Å². The summed E-state index contributed by atoms with van der Waals surface area (Å²) >= 11 is 0. The lowest BCUT2D eigenvalue weighted by atomic mass is 9.95. The van der Waals surface area contributed by atoms with Crippen LogP contribution in [0.5, 0.6) is 17.2 Å². The highest BCUT2D eigenvalue weighted by Crippen LogP contribution is 2.38. The van der Waals surface area contributed by atoms with E-state index < -0.39 is 0 Å². The summed E-state index contributed by atoms with van der Waals surface area (Å²) in [5.74, 6) is 1.27. The third kappa shape index (κ3) is 4.39. The molecule has 1 fully saturated rings. The van der Waals surface area contributed by atoms with Gasteiger partial charge in [0.05, 0.1) is 21.3 Å². The number of rotatable bonds is 6. The Morgan fingerprint density at radius 2 is 1.58 bits per heavy atom. The largest absolute Gasteiger partial charge is 0.493 e. The predicted octanol–water partition coefficient (Wildman–Crippen LogP) is 2.09. The lowest BCUT2D eigenvalue weighted by Crippen LogP contribution is -2.44. The van der Waals surface area contributed by atoms with Crippen molar-refractivity contribution < 1.29 is 23.8 Å². The van der Waals surface area contributed by atoms with Gasteiger partial charge in [-0.15, -0.1) is 0 Å². The second kappa shape index (κ2) is 8.78. The molecule has 2 rings (SSSR count). The van der Waals surface area contributed by atoms with Crippen molar-refractivity contribution in [3.05, 3.63) is 17.7 Å². The Labute approximate surface area is 154 Å². The van der Waals surface area contributed by atoms with E-state index in [0.29, 0.717) is 48.7 Å². The van der Waals surface area contributed by atoms with E-state index in [0.717, 1.165) is 0 Å². The first-order valence-electron chi connectivity index (χ1n) is 8.80. The Kier molecular flexibility index (Phi) is 6.71. The molecule has 144 valence electrons. The van der Waals surface area contributed by atoms with E-state index in [1.54, 1.807) is 17.0 Å². The molecule has 0 unspecified atom stereocenters. The van der Waals surface area contributed by atoms with E-state index in [9.17, 15) is 9.59 Å². The third-order valence-electron chi connectivity index (χ3n) is 4.50. The first-order chi connectivity index (χ1) is 12.4. The Balaban J connectivity index is 2.10. The average Bonchev–Trinajstić information content (AvgIpc) is 2.65. The summed E-state index contributed by atoms with van der Waals surface area (Å²) in [5.41, 5.74) is 0.476. The number of nitrogens with one attached hydrogen (secondary N) is 1. The highest BCUT2D eigenvalue weighted by molar-refractivity contribution is 5.96. The third-order valence-corrected chi connectivity index (χ3v) is 4.50. The fourth-order valence-corrected chi connectivity index (χ4v) is 3.13. The van der Waals surface area contributed by atoms with Gasteiger partial charge in [0.15, 0.2) is 11.5 Å². The van der Waals surface area contributed by atoms with Crippen LogP contribution in [0.4, 0.5) is 0 Å². The van der Waals surface area contributed by atoms with Crippen LogP contribution in [-0.4, -0.2) is 57.2 Å². The van der Waals surface area contributed by atoms with Gasteiger partial charge in [-0.3, -0.25) is 9.59 Å². The van der Waals surface area contributed by atoms with Gasteiger partial charge >= 0.3 is 0 Å². The Morgan fingerprint density at radius 3 is 2.00 bits per heavy atom. The number of amides is 2. The van der Waals surface area contributed by atoms with Crippen LogP contribution in [0, 0.1) is 5.92 Å². The van der Waals surface area contributed by atoms with E-state index in [1.165, 1.54) is 21.3 Å². The molecule has 7 heteroatoms. The zero-order chi connectivity index (χ0) is 19.3. The van der Waals surface area contributed by atoms with Gasteiger partial charge in [0.2, 0.25) is 11.7 Å². The molecule has 1 saturated heterocycles. The van der Waals surface area contributed by atoms with Gasteiger partial charge < -0.3 is 24.4 Å². The van der Waals surface area contributed by atoms with Crippen molar-refractivity contribution >= 4 is 11.8 Å². The number of carbonyl (C=O) groups excluding carboxylic acids is 2. The molecule has 0 aliphatic carbocycles. The molecule has 2 amide bonds. The van der Waals surface area contributed by atoms with Crippen LogP contribution in [-0.2, 0) is 4.79 Å². The van der Waals surface area contributed by atoms with Crippen molar-refractivity contribution in [2.45, 2.75) is 32.7 Å². The monoisotopic (exact) mass is 364 g/mol. The highest BCUT2D eigenvalue weighted by Gasteiger charge is 2.29. The second-order valence-corrected chi connectivity index (χ2v) is 6.64. The van der Waals surface area contributed by atoms with Crippen molar-refractivity contribution in [2.75, 3.05) is 34.4 Å². The molecule has 1 N–H and O–H groups in total. The van der Waals surface area contributed by atoms with Gasteiger partial charge in [0.25, 0.3) is 5.91 Å². The van der Waals surface area contributed by atoms with Crippen LogP contribution in [0.1, 0.15) is 37.0 Å². The summed E-state index contributed by atoms with van der Waals surface area (Å²) in [6, 6.07) is 3.43. The molecular weight excluding hydrogens is 336 g/mol. The Morgan fingerprint density at radius 1 is 1.04 bits per heavy atom. The highest BCUT2D eigenvalue weighted by atomic mass is 16.5. The maximum Gasteiger partial charge on any atom is 0.254 e. The number of benzene rings is 1. The summed E-state index contributed by atoms with van der Waals surface area (Å²) in [4.78, 5) is 26.8. The van der Waals surface area contributed by atoms with Crippen LogP contribution < -0.4 is 19.5 Å². The van der Waals surface area contributed by atoms with Crippen molar-refractivity contribution in [1.82, 2.24) is 10.2 Å². The Hall–Kier alpha value is -2.44. The van der Waals surface area contributed by atoms with Crippen LogP contribution >= 0.6 is 0 Å². The van der Waals surface area contributed by atoms with Gasteiger partial charge in [0, 0.05) is 30.6 Å². The quantitative estimate of drug-likeness (QED) is 0.836. The Bertz CT molecular complexity index is 626. The molecule has 1 aliphatic heterocycles. The summed E-state index contributed by atoms with van der Waals surface area (Å²) < 4.78 is 15.9. The minimum absolute atomic E-state index is 0.0404. The minimum atomic E-state index is -0.105. The summed E-state index contributed by atoms with van der Waals surface area (Å²) in [7, 11) is 4.56. The standard InChI is InChI=1S/C19H28N2O5/c1-12(2)20-18(22)13-6-8-21(9-7-13)19(23)14-10-15(24-3)17(26-5)16(11-14)25-4/h10-13H,6-9H2,1-5H3,(H,20,22). The molecule has 0 bridgehead atoms. The summed E-state index contributed by atoms with van der Waals surface area (Å²) in [6.45, 7) is 4.99. The maximum absolute atomic E-state index is 12.9. The maximum atomic E-state index is 12.9. The van der Waals surface area contributed by atoms with Gasteiger partial charge in [-0.1, -0.05) is 0 Å². The van der Waals surface area contributed by atoms with E-state index in [4.69, 9.17) is 14.2 Å². The van der Waals surface area contributed by atoms with Crippen molar-refractivity contribution in [2.24, 2.45) is 5.92 Å². The normalized spacial score (nSPS) is 14.9. The van der Waals surface area contributed by atoms with Crippen molar-refractivity contribution in [1.29, 1.82) is 0 Å². The van der Waals surface area contributed by atoms with Crippen molar-refractivity contribution in [3.8, 4) is 17.2 Å². The van der Waals surface area contributed by atoms with E-state index >= 15 is 0 Å². The fraction of sp³-hybridized carbons (Fsp3) is 0.579. The molecule has 0 atom stereocenters. The number of hydrogen-bond donors (Lipinski definition) is 1. The van der Waals surface area contributed by atoms with E-state index in [-0.39, 0.29) is 23.8 Å². The molecule has 1 aliphatic rings. The van der Waals surface area contributed by atoms with Crippen molar-refractivity contribution in [3.63, 3.8) is 0 Å². The molecule has 1 heterocycles. The predicted molar refractivity (Wildman–Crippen MR) is 98.0 cm³/mol. The topological polar surface area (TPSA) is 77.1 Å². The summed E-state index contributed by atoms with van der Waals surface area (Å²) in [6.07, 6.45) is 1.32. The molecule has 1 aromatic carbocycles. The second-order valence-electron chi connectivity index (χ2n) is 6.64. The molecule has 1 aromatic rings. The number of ether oxygens (including phenoxy) is 3. The van der Waals surface area contributed by atoms with Crippen LogP contribution in [0.25, 0.3) is 0 Å². The first-order valence-corrected chi connectivity index (χ1v) is 8.80. The van der Waals surface area contributed by atoms with Crippen LogP contribution in [0.15, 0.2) is 12.1 Å². The average molecular weight is 364 g/mol. The molecule has 0 spiro atoms. The smallest absolute Gasteiger partial charge is 0.254 e. The lowest BCUT2D eigenvalue weighted by molar-refractivity contribution is -0.126. The zero-order valence-electron chi connectivity index (χ0n) is 16.1. The zero-order valence-corrected chi connectivity index (χ0v) is 16.1. The van der Waals surface area contributed by atoms with Gasteiger partial charge in [0.1, 0.15) is 0 Å². The minimum Gasteiger partial charge on any atom is -0.493 e. The SMILES string of the molecule is COc1cc(C(=O)N2CCC(C(=O)NC(C)C)CC2)cc(OC)c1OC. The van der Waals surface area contributed by atoms with E-state index in [2.05, 4.69) is 5.32 Å². The first kappa shape index (κ1) is 19.9. The molecule has 7 nitrogen and oxygen atoms in total. The number of carbonyl (C=O) groups is 2. The number of hydrogen-bond acceptors (Lipinski definition) is 5. The fourth-order valence-electron chi connectivity index (χ4n) is 3.13. The molecule has 0 radical (unpaired) electrons. The molecule has 0 saturated carbocycles. The molecule has 0 aromatic heterocycles. The number of nitrogens with zero attached hydrogens (tertiary/aromatic N) is 1. The van der Waals surface area contributed by atoms with Gasteiger partial charge in [-0.25, -0.2) is 0 Å². The molecular formula is C19H28N2O5. The summed E-state index contributed by atoms with van der Waals surface area (Å²) in [5, 5.41) is 2.94. The van der Waals surface area contributed by atoms with Crippen LogP contribution in [0.3, 0.4) is 0 Å². The number of methoxy groups -OCH3 is 3. The number of piperidine rings is 1. The van der Waals surface area contributed by atoms with E-state index in [1.807, 2.05) is 13.8 Å². The number of likely N-dealkylation sites (tertiary alicyclic amines) is 1. The molecule has 26 heavy (non-hydrogen) atoms.